The Bertz CT molecular complexity index is 614. The normalized spacial score (nSPS) is 10.9. The van der Waals surface area contributed by atoms with Crippen molar-refractivity contribution in [1.82, 2.24) is 25.3 Å². The molecule has 0 aliphatic heterocycles. The molecule has 2 aromatic rings. The lowest BCUT2D eigenvalue weighted by atomic mass is 10.2. The second-order valence-electron chi connectivity index (χ2n) is 4.71. The molecule has 1 aromatic heterocycles. The first kappa shape index (κ1) is 15.4. The number of rotatable bonds is 6. The molecule has 21 heavy (non-hydrogen) atoms. The van der Waals surface area contributed by atoms with Gasteiger partial charge in [0.2, 0.25) is 0 Å². The minimum absolute atomic E-state index is 0.204. The van der Waals surface area contributed by atoms with Gasteiger partial charge in [0.1, 0.15) is 0 Å². The Morgan fingerprint density at radius 2 is 2.33 bits per heavy atom. The standard InChI is InChI=1S/C13H17ClN6O/c1-19(8-10-3-2-4-11(14)7-10)5-6-20-9-12(17-18-20)13(21)16-15/h2-4,7,9H,5-6,8,15H2,1H3,(H,16,21). The van der Waals surface area contributed by atoms with Crippen molar-refractivity contribution in [2.24, 2.45) is 5.84 Å². The fourth-order valence-electron chi connectivity index (χ4n) is 1.88. The summed E-state index contributed by atoms with van der Waals surface area (Å²) < 4.78 is 1.61. The van der Waals surface area contributed by atoms with Gasteiger partial charge in [0.05, 0.1) is 12.7 Å². The highest BCUT2D eigenvalue weighted by Gasteiger charge is 2.09. The maximum atomic E-state index is 11.3. The number of carbonyl (C=O) groups excluding carboxylic acids is 1. The molecule has 0 aliphatic carbocycles. The zero-order valence-corrected chi connectivity index (χ0v) is 12.4. The van der Waals surface area contributed by atoms with Gasteiger partial charge in [-0.3, -0.25) is 14.9 Å². The number of hydrazine groups is 1. The van der Waals surface area contributed by atoms with Crippen LogP contribution in [0.25, 0.3) is 0 Å². The average molecular weight is 309 g/mol. The molecule has 0 bridgehead atoms. The van der Waals surface area contributed by atoms with Crippen LogP contribution in [0.1, 0.15) is 16.1 Å². The smallest absolute Gasteiger partial charge is 0.287 e. The summed E-state index contributed by atoms with van der Waals surface area (Å²) in [6, 6.07) is 7.75. The number of carbonyl (C=O) groups is 1. The number of amides is 1. The molecular formula is C13H17ClN6O. The molecule has 0 spiro atoms. The van der Waals surface area contributed by atoms with Crippen molar-refractivity contribution in [3.8, 4) is 0 Å². The molecule has 1 amide bonds. The molecule has 3 N–H and O–H groups in total. The zero-order chi connectivity index (χ0) is 15.2. The predicted molar refractivity (Wildman–Crippen MR) is 79.5 cm³/mol. The number of likely N-dealkylation sites (N-methyl/N-ethyl adjacent to an activating group) is 1. The fourth-order valence-corrected chi connectivity index (χ4v) is 2.10. The summed E-state index contributed by atoms with van der Waals surface area (Å²) in [4.78, 5) is 13.4. The summed E-state index contributed by atoms with van der Waals surface area (Å²) in [6.45, 7) is 2.17. The Labute approximate surface area is 127 Å². The van der Waals surface area contributed by atoms with Crippen molar-refractivity contribution in [3.63, 3.8) is 0 Å². The molecule has 7 nitrogen and oxygen atoms in total. The van der Waals surface area contributed by atoms with Crippen molar-refractivity contribution >= 4 is 17.5 Å². The maximum absolute atomic E-state index is 11.3. The monoisotopic (exact) mass is 308 g/mol. The van der Waals surface area contributed by atoms with Gasteiger partial charge < -0.3 is 4.90 Å². The van der Waals surface area contributed by atoms with Crippen LogP contribution in [0.15, 0.2) is 30.5 Å². The van der Waals surface area contributed by atoms with E-state index >= 15 is 0 Å². The minimum atomic E-state index is -0.450. The van der Waals surface area contributed by atoms with Gasteiger partial charge in [-0.1, -0.05) is 28.9 Å². The predicted octanol–water partition coefficient (Wildman–Crippen LogP) is 0.667. The zero-order valence-electron chi connectivity index (χ0n) is 11.7. The van der Waals surface area contributed by atoms with Crippen LogP contribution in [-0.4, -0.2) is 39.4 Å². The van der Waals surface area contributed by atoms with Crippen molar-refractivity contribution in [3.05, 3.63) is 46.7 Å². The number of nitrogens with one attached hydrogen (secondary N) is 1. The van der Waals surface area contributed by atoms with Crippen LogP contribution in [0.2, 0.25) is 5.02 Å². The van der Waals surface area contributed by atoms with Crippen LogP contribution < -0.4 is 11.3 Å². The molecule has 0 aliphatic rings. The van der Waals surface area contributed by atoms with Crippen molar-refractivity contribution in [2.75, 3.05) is 13.6 Å². The van der Waals surface area contributed by atoms with Crippen LogP contribution in [0, 0.1) is 0 Å². The number of aromatic nitrogens is 3. The molecule has 2 rings (SSSR count). The Morgan fingerprint density at radius 1 is 1.52 bits per heavy atom. The van der Waals surface area contributed by atoms with Gasteiger partial charge in [-0.05, 0) is 24.7 Å². The van der Waals surface area contributed by atoms with Crippen molar-refractivity contribution in [1.29, 1.82) is 0 Å². The van der Waals surface area contributed by atoms with E-state index in [2.05, 4.69) is 15.2 Å². The van der Waals surface area contributed by atoms with Crippen LogP contribution in [0.5, 0.6) is 0 Å². The highest BCUT2D eigenvalue weighted by Crippen LogP contribution is 2.12. The summed E-state index contributed by atoms with van der Waals surface area (Å²) in [7, 11) is 2.01. The summed E-state index contributed by atoms with van der Waals surface area (Å²) in [5, 5.41) is 8.36. The topological polar surface area (TPSA) is 89.1 Å². The molecular weight excluding hydrogens is 292 g/mol. The Balaban J connectivity index is 1.85. The first-order valence-electron chi connectivity index (χ1n) is 6.42. The van der Waals surface area contributed by atoms with Crippen LogP contribution in [-0.2, 0) is 13.1 Å². The van der Waals surface area contributed by atoms with Crippen LogP contribution in [0.3, 0.4) is 0 Å². The van der Waals surface area contributed by atoms with Crippen LogP contribution in [0.4, 0.5) is 0 Å². The fraction of sp³-hybridized carbons (Fsp3) is 0.308. The van der Waals surface area contributed by atoms with Crippen molar-refractivity contribution in [2.45, 2.75) is 13.1 Å². The number of nitrogens with zero attached hydrogens (tertiary/aromatic N) is 4. The van der Waals surface area contributed by atoms with Gasteiger partial charge in [0.25, 0.3) is 5.91 Å². The van der Waals surface area contributed by atoms with Crippen molar-refractivity contribution < 1.29 is 4.79 Å². The third-order valence-electron chi connectivity index (χ3n) is 2.95. The highest BCUT2D eigenvalue weighted by atomic mass is 35.5. The van der Waals surface area contributed by atoms with E-state index in [1.807, 2.05) is 36.7 Å². The number of benzene rings is 1. The SMILES string of the molecule is CN(CCn1cc(C(=O)NN)nn1)Cc1cccc(Cl)c1. The Morgan fingerprint density at radius 3 is 3.05 bits per heavy atom. The third-order valence-corrected chi connectivity index (χ3v) is 3.19. The number of halogens is 1. The van der Waals surface area contributed by atoms with Gasteiger partial charge in [0, 0.05) is 18.1 Å². The molecule has 0 atom stereocenters. The van der Waals surface area contributed by atoms with Gasteiger partial charge in [0.15, 0.2) is 5.69 Å². The van der Waals surface area contributed by atoms with Gasteiger partial charge in [-0.2, -0.15) is 0 Å². The molecule has 0 unspecified atom stereocenters. The van der Waals surface area contributed by atoms with Crippen LogP contribution >= 0.6 is 11.6 Å². The third kappa shape index (κ3) is 4.52. The summed E-state index contributed by atoms with van der Waals surface area (Å²) in [6.07, 6.45) is 1.56. The van der Waals surface area contributed by atoms with Gasteiger partial charge >= 0.3 is 0 Å². The summed E-state index contributed by atoms with van der Waals surface area (Å²) >= 11 is 5.96. The van der Waals surface area contributed by atoms with E-state index in [4.69, 9.17) is 17.4 Å². The maximum Gasteiger partial charge on any atom is 0.287 e. The van der Waals surface area contributed by atoms with E-state index in [9.17, 15) is 4.79 Å². The molecule has 0 fully saturated rings. The van der Waals surface area contributed by atoms with E-state index in [0.717, 1.165) is 23.7 Å². The summed E-state index contributed by atoms with van der Waals surface area (Å²) in [5.41, 5.74) is 3.37. The van der Waals surface area contributed by atoms with E-state index in [0.29, 0.717) is 6.54 Å². The first-order valence-corrected chi connectivity index (χ1v) is 6.80. The second kappa shape index (κ2) is 7.16. The summed E-state index contributed by atoms with van der Waals surface area (Å²) in [5.74, 6) is 4.59. The largest absolute Gasteiger partial charge is 0.300 e. The quantitative estimate of drug-likeness (QED) is 0.465. The molecule has 0 saturated carbocycles. The lowest BCUT2D eigenvalue weighted by Gasteiger charge is -2.16. The second-order valence-corrected chi connectivity index (χ2v) is 5.14. The van der Waals surface area contributed by atoms with E-state index < -0.39 is 5.91 Å². The number of nitrogen functional groups attached to an aromatic ring is 1. The number of hydrogen-bond acceptors (Lipinski definition) is 5. The molecule has 0 radical (unpaired) electrons. The number of nitrogens with two attached hydrogens (primary N) is 1. The highest BCUT2D eigenvalue weighted by molar-refractivity contribution is 6.30. The molecule has 8 heteroatoms. The van der Waals surface area contributed by atoms with E-state index in [1.165, 1.54) is 0 Å². The molecule has 1 heterocycles. The van der Waals surface area contributed by atoms with Gasteiger partial charge in [-0.25, -0.2) is 5.84 Å². The average Bonchev–Trinajstić information content (AvgIpc) is 2.93. The molecule has 1 aromatic carbocycles. The minimum Gasteiger partial charge on any atom is -0.300 e. The lowest BCUT2D eigenvalue weighted by molar-refractivity contribution is 0.0948. The lowest BCUT2D eigenvalue weighted by Crippen LogP contribution is -2.30. The molecule has 0 saturated heterocycles. The first-order chi connectivity index (χ1) is 10.1. The Hall–Kier alpha value is -1.96. The Kier molecular flexibility index (Phi) is 5.26. The number of hydrogen-bond donors (Lipinski definition) is 2. The van der Waals surface area contributed by atoms with Gasteiger partial charge in [-0.15, -0.1) is 5.10 Å². The molecule has 112 valence electrons. The van der Waals surface area contributed by atoms with E-state index in [1.54, 1.807) is 10.9 Å². The van der Waals surface area contributed by atoms with E-state index in [-0.39, 0.29) is 5.69 Å².